The van der Waals surface area contributed by atoms with Gasteiger partial charge in [0.1, 0.15) is 0 Å². The van der Waals surface area contributed by atoms with Gasteiger partial charge in [0.25, 0.3) is 15.9 Å². The van der Waals surface area contributed by atoms with Gasteiger partial charge in [0.2, 0.25) is 0 Å². The van der Waals surface area contributed by atoms with E-state index in [0.717, 1.165) is 11.1 Å². The zero-order chi connectivity index (χ0) is 22.9. The number of anilines is 1. The molecule has 1 amide bonds. The lowest BCUT2D eigenvalue weighted by Crippen LogP contribution is -2.28. The fourth-order valence-electron chi connectivity index (χ4n) is 3.32. The first-order chi connectivity index (χ1) is 15.3. The van der Waals surface area contributed by atoms with Crippen molar-refractivity contribution >= 4 is 49.6 Å². The molecule has 32 heavy (non-hydrogen) atoms. The number of rotatable bonds is 5. The first-order valence-corrected chi connectivity index (χ1v) is 11.7. The van der Waals surface area contributed by atoms with Gasteiger partial charge in [-0.2, -0.15) is 0 Å². The minimum Gasteiger partial charge on any atom is -0.478 e. The summed E-state index contributed by atoms with van der Waals surface area (Å²) in [7, 11) is -3.89. The number of fused-ring (bicyclic) bond motifs is 1. The van der Waals surface area contributed by atoms with Crippen LogP contribution in [0.2, 0.25) is 0 Å². The van der Waals surface area contributed by atoms with Crippen LogP contribution in [0.15, 0.2) is 82.3 Å². The molecule has 0 unspecified atom stereocenters. The number of nitrogens with one attached hydrogen (secondary N) is 1. The quantitative estimate of drug-likeness (QED) is 0.520. The molecule has 0 radical (unpaired) electrons. The maximum atomic E-state index is 13.2. The number of carbonyl (C=O) groups is 2. The lowest BCUT2D eigenvalue weighted by atomic mass is 10.1. The molecule has 7 nitrogen and oxygen atoms in total. The maximum absolute atomic E-state index is 13.2. The number of carboxylic acid groups (broad SMARTS) is 1. The largest absolute Gasteiger partial charge is 0.478 e. The fraction of sp³-hybridized carbons (Fsp3) is 0.0435. The monoisotopic (exact) mass is 512 g/mol. The highest BCUT2D eigenvalue weighted by Gasteiger charge is 2.25. The molecule has 3 aromatic carbocycles. The number of sulfonamides is 1. The summed E-state index contributed by atoms with van der Waals surface area (Å²) >= 11 is 3.20. The van der Waals surface area contributed by atoms with Gasteiger partial charge >= 0.3 is 5.97 Å². The molecular weight excluding hydrogens is 496 g/mol. The third-order valence-corrected chi connectivity index (χ3v) is 7.18. The minimum atomic E-state index is -3.89. The van der Waals surface area contributed by atoms with Gasteiger partial charge in [-0.25, -0.2) is 13.2 Å². The van der Waals surface area contributed by atoms with Gasteiger partial charge in [-0.15, -0.1) is 0 Å². The Kier molecular flexibility index (Phi) is 5.86. The summed E-state index contributed by atoms with van der Waals surface area (Å²) in [6.45, 7) is 0.187. The molecule has 1 heterocycles. The molecule has 9 heteroatoms. The van der Waals surface area contributed by atoms with Crippen LogP contribution in [0, 0.1) is 0 Å². The number of amides is 1. The second kappa shape index (κ2) is 8.60. The topological polar surface area (TPSA) is 104 Å². The Morgan fingerprint density at radius 2 is 1.78 bits per heavy atom. The molecule has 1 aliphatic heterocycles. The first-order valence-electron chi connectivity index (χ1n) is 9.48. The van der Waals surface area contributed by atoms with Gasteiger partial charge in [0.05, 0.1) is 22.7 Å². The molecule has 0 saturated carbocycles. The Morgan fingerprint density at radius 3 is 2.56 bits per heavy atom. The summed E-state index contributed by atoms with van der Waals surface area (Å²) < 4.78 is 28.1. The Bertz CT molecular complexity index is 1370. The molecule has 0 bridgehead atoms. The maximum Gasteiger partial charge on any atom is 0.337 e. The number of carboxylic acids is 1. The Labute approximate surface area is 193 Å². The summed E-state index contributed by atoms with van der Waals surface area (Å²) in [6, 6.07) is 17.6. The van der Waals surface area contributed by atoms with Crippen LogP contribution in [-0.2, 0) is 16.6 Å². The fourth-order valence-corrected chi connectivity index (χ4v) is 5.01. The number of hydrogen-bond acceptors (Lipinski definition) is 4. The van der Waals surface area contributed by atoms with Crippen molar-refractivity contribution in [2.75, 3.05) is 5.32 Å². The van der Waals surface area contributed by atoms with Crippen molar-refractivity contribution in [1.29, 1.82) is 0 Å². The first kappa shape index (κ1) is 21.8. The Morgan fingerprint density at radius 1 is 1.00 bits per heavy atom. The highest BCUT2D eigenvalue weighted by molar-refractivity contribution is 9.10. The second-order valence-electron chi connectivity index (χ2n) is 7.04. The van der Waals surface area contributed by atoms with Gasteiger partial charge < -0.3 is 10.4 Å². The zero-order valence-electron chi connectivity index (χ0n) is 16.5. The third-order valence-electron chi connectivity index (χ3n) is 4.96. The molecular formula is C23H17BrN2O5S. The summed E-state index contributed by atoms with van der Waals surface area (Å²) in [4.78, 5) is 24.2. The highest BCUT2D eigenvalue weighted by Crippen LogP contribution is 2.26. The minimum absolute atomic E-state index is 0.0385. The lowest BCUT2D eigenvalue weighted by molar-refractivity contribution is 0.0698. The number of hydrogen-bond donors (Lipinski definition) is 2. The standard InChI is InChI=1S/C23H17BrN2O5S/c24-18-8-9-21(20(13-18)23(28)29)25-22(27)16-6-3-7-19(12-16)32(30,31)26-11-10-15-4-1-2-5-17(15)14-26/h1-13H,14H2,(H,25,27)(H,28,29). The van der Waals surface area contributed by atoms with Crippen molar-refractivity contribution in [3.63, 3.8) is 0 Å². The molecule has 3 aromatic rings. The van der Waals surface area contributed by atoms with E-state index in [1.54, 1.807) is 12.1 Å². The Balaban J connectivity index is 1.60. The van der Waals surface area contributed by atoms with Gasteiger partial charge in [-0.1, -0.05) is 46.3 Å². The second-order valence-corrected chi connectivity index (χ2v) is 9.85. The normalized spacial score (nSPS) is 12.8. The van der Waals surface area contributed by atoms with Gasteiger partial charge in [-0.3, -0.25) is 9.10 Å². The molecule has 0 spiro atoms. The van der Waals surface area contributed by atoms with E-state index in [9.17, 15) is 23.1 Å². The van der Waals surface area contributed by atoms with E-state index in [2.05, 4.69) is 21.2 Å². The molecule has 4 rings (SSSR count). The molecule has 1 aliphatic rings. The average Bonchev–Trinajstić information content (AvgIpc) is 2.79. The molecule has 162 valence electrons. The molecule has 0 saturated heterocycles. The van der Waals surface area contributed by atoms with Crippen LogP contribution in [0.25, 0.3) is 6.08 Å². The highest BCUT2D eigenvalue weighted by atomic mass is 79.9. The molecule has 0 fully saturated rings. The smallest absolute Gasteiger partial charge is 0.337 e. The van der Waals surface area contributed by atoms with Gasteiger partial charge in [-0.05, 0) is 53.6 Å². The third kappa shape index (κ3) is 4.30. The van der Waals surface area contributed by atoms with E-state index in [4.69, 9.17) is 0 Å². The van der Waals surface area contributed by atoms with Crippen molar-refractivity contribution < 1.29 is 23.1 Å². The number of aromatic carboxylic acids is 1. The van der Waals surface area contributed by atoms with Crippen LogP contribution in [0.1, 0.15) is 31.8 Å². The van der Waals surface area contributed by atoms with Crippen molar-refractivity contribution in [3.8, 4) is 0 Å². The summed E-state index contributed by atoms with van der Waals surface area (Å²) in [6.07, 6.45) is 3.24. The van der Waals surface area contributed by atoms with E-state index < -0.39 is 21.9 Å². The van der Waals surface area contributed by atoms with Crippen LogP contribution in [0.3, 0.4) is 0 Å². The van der Waals surface area contributed by atoms with E-state index in [1.165, 1.54) is 46.9 Å². The number of benzene rings is 3. The van der Waals surface area contributed by atoms with Crippen molar-refractivity contribution in [1.82, 2.24) is 4.31 Å². The van der Waals surface area contributed by atoms with Crippen LogP contribution >= 0.6 is 15.9 Å². The molecule has 0 atom stereocenters. The number of carbonyl (C=O) groups excluding carboxylic acids is 1. The van der Waals surface area contributed by atoms with Crippen LogP contribution in [-0.4, -0.2) is 29.7 Å². The summed E-state index contributed by atoms with van der Waals surface area (Å²) in [5.74, 6) is -1.82. The van der Waals surface area contributed by atoms with Crippen molar-refractivity contribution in [2.45, 2.75) is 11.4 Å². The predicted octanol–water partition coefficient (Wildman–Crippen LogP) is 4.57. The van der Waals surface area contributed by atoms with Crippen LogP contribution < -0.4 is 5.32 Å². The number of nitrogens with zero attached hydrogens (tertiary/aromatic N) is 1. The summed E-state index contributed by atoms with van der Waals surface area (Å²) in [5, 5.41) is 11.9. The molecule has 0 aliphatic carbocycles. The van der Waals surface area contributed by atoms with Gasteiger partial charge in [0.15, 0.2) is 0 Å². The van der Waals surface area contributed by atoms with Gasteiger partial charge in [0, 0.05) is 16.2 Å². The molecule has 2 N–H and O–H groups in total. The van der Waals surface area contributed by atoms with Crippen molar-refractivity contribution in [2.24, 2.45) is 0 Å². The summed E-state index contributed by atoms with van der Waals surface area (Å²) in [5.41, 5.74) is 1.94. The number of halogens is 1. The van der Waals surface area contributed by atoms with Crippen LogP contribution in [0.5, 0.6) is 0 Å². The zero-order valence-corrected chi connectivity index (χ0v) is 18.9. The SMILES string of the molecule is O=C(Nc1ccc(Br)cc1C(=O)O)c1cccc(S(=O)(=O)N2C=Cc3ccccc3C2)c1. The van der Waals surface area contributed by atoms with E-state index in [0.29, 0.717) is 4.47 Å². The van der Waals surface area contributed by atoms with E-state index in [1.807, 2.05) is 24.3 Å². The van der Waals surface area contributed by atoms with Crippen LogP contribution in [0.4, 0.5) is 5.69 Å². The van der Waals surface area contributed by atoms with Crippen molar-refractivity contribution in [3.05, 3.63) is 99.7 Å². The lowest BCUT2D eigenvalue weighted by Gasteiger charge is -2.25. The predicted molar refractivity (Wildman–Crippen MR) is 124 cm³/mol. The van der Waals surface area contributed by atoms with E-state index in [-0.39, 0.29) is 28.3 Å². The average molecular weight is 513 g/mol. The Hall–Kier alpha value is -3.43. The molecule has 0 aromatic heterocycles. The van der Waals surface area contributed by atoms with E-state index >= 15 is 0 Å².